The minimum Gasteiger partial charge on any atom is -0.382 e. The van der Waals surface area contributed by atoms with Crippen molar-refractivity contribution >= 4 is 16.6 Å². The van der Waals surface area contributed by atoms with Crippen molar-refractivity contribution in [2.45, 2.75) is 32.9 Å². The fourth-order valence-corrected chi connectivity index (χ4v) is 3.47. The molecule has 2 heterocycles. The molecule has 25 heavy (non-hydrogen) atoms. The number of rotatable bonds is 4. The maximum absolute atomic E-state index is 13.9. The van der Waals surface area contributed by atoms with E-state index in [-0.39, 0.29) is 11.9 Å². The molecule has 3 rings (SSSR count). The zero-order chi connectivity index (χ0) is 18.0. The Hall–Kier alpha value is -2.23. The van der Waals surface area contributed by atoms with Crippen LogP contribution in [0.4, 0.5) is 10.1 Å². The van der Waals surface area contributed by atoms with E-state index < -0.39 is 0 Å². The molecule has 0 amide bonds. The molecule has 2 unspecified atom stereocenters. The Bertz CT molecular complexity index is 817. The second-order valence-electron chi connectivity index (χ2n) is 6.67. The number of nitrogens with one attached hydrogen (secondary N) is 1. The first-order chi connectivity index (χ1) is 12.0. The lowest BCUT2D eigenvalue weighted by Gasteiger charge is -2.38. The van der Waals surface area contributed by atoms with Crippen molar-refractivity contribution in [3.05, 3.63) is 35.3 Å². The van der Waals surface area contributed by atoms with Crippen LogP contribution in [0.1, 0.15) is 25.0 Å². The number of morpholine rings is 1. The summed E-state index contributed by atoms with van der Waals surface area (Å²) in [5.74, 6) is -0.320. The number of aromatic nitrogens is 1. The number of ether oxygens (including phenoxy) is 1. The van der Waals surface area contributed by atoms with E-state index in [1.165, 1.54) is 12.1 Å². The lowest BCUT2D eigenvalue weighted by molar-refractivity contribution is -0.0159. The van der Waals surface area contributed by atoms with Crippen LogP contribution in [0.5, 0.6) is 0 Å². The number of nitriles is 1. The number of nitrogens with zero attached hydrogens (tertiary/aromatic N) is 3. The van der Waals surface area contributed by atoms with Gasteiger partial charge in [-0.1, -0.05) is 0 Å². The van der Waals surface area contributed by atoms with Gasteiger partial charge in [0, 0.05) is 36.8 Å². The molecule has 1 aliphatic rings. The van der Waals surface area contributed by atoms with Gasteiger partial charge in [0.15, 0.2) is 0 Å². The third-order valence-corrected chi connectivity index (χ3v) is 4.81. The van der Waals surface area contributed by atoms with Crippen LogP contribution in [0.25, 0.3) is 10.9 Å². The van der Waals surface area contributed by atoms with Gasteiger partial charge in [0.25, 0.3) is 0 Å². The monoisotopic (exact) mass is 342 g/mol. The maximum atomic E-state index is 13.9. The molecule has 6 heteroatoms. The molecule has 2 atom stereocenters. The highest BCUT2D eigenvalue weighted by atomic mass is 19.1. The second kappa shape index (κ2) is 7.34. The maximum Gasteiger partial charge on any atom is 0.124 e. The molecule has 5 nitrogen and oxygen atoms in total. The molecule has 132 valence electrons. The van der Waals surface area contributed by atoms with Crippen LogP contribution in [0.3, 0.4) is 0 Å². The van der Waals surface area contributed by atoms with E-state index >= 15 is 0 Å². The molecule has 0 spiro atoms. The summed E-state index contributed by atoms with van der Waals surface area (Å²) in [6.45, 7) is 9.14. The summed E-state index contributed by atoms with van der Waals surface area (Å²) in [6.07, 6.45) is 1.55. The molecule has 1 aliphatic heterocycles. The molecule has 0 radical (unpaired) electrons. The van der Waals surface area contributed by atoms with Crippen LogP contribution in [-0.4, -0.2) is 48.3 Å². The number of anilines is 1. The van der Waals surface area contributed by atoms with Gasteiger partial charge in [-0.3, -0.25) is 9.88 Å². The molecular formula is C19H23FN4O. The fourth-order valence-electron chi connectivity index (χ4n) is 3.47. The average Bonchev–Trinajstić information content (AvgIpc) is 2.59. The topological polar surface area (TPSA) is 61.2 Å². The van der Waals surface area contributed by atoms with Crippen molar-refractivity contribution in [1.29, 1.82) is 5.26 Å². The summed E-state index contributed by atoms with van der Waals surface area (Å²) in [4.78, 5) is 6.71. The smallest absolute Gasteiger partial charge is 0.124 e. The Morgan fingerprint density at radius 2 is 2.32 bits per heavy atom. The Morgan fingerprint density at radius 1 is 1.52 bits per heavy atom. The molecule has 0 bridgehead atoms. The van der Waals surface area contributed by atoms with Gasteiger partial charge in [0.05, 0.1) is 30.0 Å². The molecule has 1 saturated heterocycles. The number of pyridine rings is 1. The van der Waals surface area contributed by atoms with Gasteiger partial charge < -0.3 is 10.1 Å². The Labute approximate surface area is 147 Å². The predicted octanol–water partition coefficient (Wildman–Crippen LogP) is 3.08. The zero-order valence-electron chi connectivity index (χ0n) is 14.8. The molecule has 1 aromatic heterocycles. The highest BCUT2D eigenvalue weighted by Gasteiger charge is 2.24. The van der Waals surface area contributed by atoms with Gasteiger partial charge >= 0.3 is 0 Å². The fraction of sp³-hybridized carbons (Fsp3) is 0.474. The van der Waals surface area contributed by atoms with Gasteiger partial charge in [0.2, 0.25) is 0 Å². The lowest BCUT2D eigenvalue weighted by atomic mass is 10.1. The van der Waals surface area contributed by atoms with E-state index in [1.54, 1.807) is 6.20 Å². The average molecular weight is 342 g/mol. The van der Waals surface area contributed by atoms with E-state index in [0.29, 0.717) is 29.2 Å². The predicted molar refractivity (Wildman–Crippen MR) is 96.1 cm³/mol. The van der Waals surface area contributed by atoms with Gasteiger partial charge in [-0.05, 0) is 38.5 Å². The van der Waals surface area contributed by atoms with Gasteiger partial charge in [-0.25, -0.2) is 4.39 Å². The lowest BCUT2D eigenvalue weighted by Crippen LogP contribution is -2.50. The molecule has 1 aromatic carbocycles. The number of benzene rings is 1. The van der Waals surface area contributed by atoms with E-state index in [0.717, 1.165) is 30.8 Å². The van der Waals surface area contributed by atoms with Crippen LogP contribution < -0.4 is 5.32 Å². The Morgan fingerprint density at radius 3 is 3.04 bits per heavy atom. The van der Waals surface area contributed by atoms with Crippen LogP contribution in [0.2, 0.25) is 0 Å². The summed E-state index contributed by atoms with van der Waals surface area (Å²) in [7, 11) is 0. The van der Waals surface area contributed by atoms with Crippen molar-refractivity contribution in [3.63, 3.8) is 0 Å². The van der Waals surface area contributed by atoms with Crippen LogP contribution in [0, 0.1) is 24.1 Å². The molecule has 1 fully saturated rings. The first-order valence-electron chi connectivity index (χ1n) is 8.57. The third kappa shape index (κ3) is 3.58. The first kappa shape index (κ1) is 17.6. The van der Waals surface area contributed by atoms with E-state index in [2.05, 4.69) is 35.1 Å². The summed E-state index contributed by atoms with van der Waals surface area (Å²) in [5, 5.41) is 13.4. The van der Waals surface area contributed by atoms with Crippen molar-refractivity contribution < 1.29 is 9.13 Å². The standard InChI is InChI=1S/C19H23FN4O/c1-12-6-16(20)7-17-18(12)23-10-15(8-21)19(17)22-9-13(2)24-4-5-25-11-14(24)3/h6-7,10,13-14H,4-5,9,11H2,1-3H3,(H,22,23). The van der Waals surface area contributed by atoms with Gasteiger partial charge in [-0.2, -0.15) is 5.26 Å². The molecule has 1 N–H and O–H groups in total. The Kier molecular flexibility index (Phi) is 5.16. The van der Waals surface area contributed by atoms with Gasteiger partial charge in [0.1, 0.15) is 11.9 Å². The van der Waals surface area contributed by atoms with E-state index in [4.69, 9.17) is 4.74 Å². The normalized spacial score (nSPS) is 19.6. The Balaban J connectivity index is 1.88. The van der Waals surface area contributed by atoms with Crippen molar-refractivity contribution in [2.75, 3.05) is 31.6 Å². The number of hydrogen-bond donors (Lipinski definition) is 1. The molecule has 0 saturated carbocycles. The zero-order valence-corrected chi connectivity index (χ0v) is 14.8. The number of aryl methyl sites for hydroxylation is 1. The molecule has 2 aromatic rings. The summed E-state index contributed by atoms with van der Waals surface area (Å²) in [6, 6.07) is 5.69. The minimum atomic E-state index is -0.320. The summed E-state index contributed by atoms with van der Waals surface area (Å²) in [5.41, 5.74) is 2.57. The van der Waals surface area contributed by atoms with Gasteiger partial charge in [-0.15, -0.1) is 0 Å². The van der Waals surface area contributed by atoms with Crippen molar-refractivity contribution in [2.24, 2.45) is 0 Å². The van der Waals surface area contributed by atoms with Crippen LogP contribution in [0.15, 0.2) is 18.3 Å². The van der Waals surface area contributed by atoms with E-state index in [9.17, 15) is 9.65 Å². The third-order valence-electron chi connectivity index (χ3n) is 4.81. The molecule has 0 aliphatic carbocycles. The summed E-state index contributed by atoms with van der Waals surface area (Å²) < 4.78 is 19.4. The number of halogens is 1. The first-order valence-corrected chi connectivity index (χ1v) is 8.57. The van der Waals surface area contributed by atoms with Crippen molar-refractivity contribution in [1.82, 2.24) is 9.88 Å². The van der Waals surface area contributed by atoms with Crippen LogP contribution >= 0.6 is 0 Å². The molecular weight excluding hydrogens is 319 g/mol. The van der Waals surface area contributed by atoms with Crippen molar-refractivity contribution in [3.8, 4) is 6.07 Å². The van der Waals surface area contributed by atoms with Crippen LogP contribution in [-0.2, 0) is 4.74 Å². The number of fused-ring (bicyclic) bond motifs is 1. The summed E-state index contributed by atoms with van der Waals surface area (Å²) >= 11 is 0. The largest absolute Gasteiger partial charge is 0.382 e. The second-order valence-corrected chi connectivity index (χ2v) is 6.67. The SMILES string of the molecule is Cc1cc(F)cc2c(NCC(C)N3CCOCC3C)c(C#N)cnc12. The minimum absolute atomic E-state index is 0.267. The quantitative estimate of drug-likeness (QED) is 0.925. The van der Waals surface area contributed by atoms with E-state index in [1.807, 2.05) is 6.92 Å². The highest BCUT2D eigenvalue weighted by molar-refractivity contribution is 5.95. The number of hydrogen-bond acceptors (Lipinski definition) is 5. The highest BCUT2D eigenvalue weighted by Crippen LogP contribution is 2.28.